The van der Waals surface area contributed by atoms with Gasteiger partial charge in [0.2, 0.25) is 5.71 Å². The van der Waals surface area contributed by atoms with E-state index in [1.54, 1.807) is 27.7 Å². The quantitative estimate of drug-likeness (QED) is 0.375. The van der Waals surface area contributed by atoms with Crippen molar-refractivity contribution in [3.8, 4) is 0 Å². The molecule has 0 aromatic heterocycles. The van der Waals surface area contributed by atoms with Crippen molar-refractivity contribution in [3.05, 3.63) is 0 Å². The van der Waals surface area contributed by atoms with Crippen LogP contribution in [-0.2, 0) is 23.7 Å². The fourth-order valence-corrected chi connectivity index (χ4v) is 1.36. The first-order valence-corrected chi connectivity index (χ1v) is 6.69. The van der Waals surface area contributed by atoms with Gasteiger partial charge in [-0.1, -0.05) is 6.92 Å². The summed E-state index contributed by atoms with van der Waals surface area (Å²) in [4.78, 5) is 11.9. The van der Waals surface area contributed by atoms with Gasteiger partial charge < -0.3 is 18.9 Å². The zero-order chi connectivity index (χ0) is 14.9. The predicted octanol–water partition coefficient (Wildman–Crippen LogP) is 2.11. The number of carbonyl (C=O) groups excluding carboxylic acids is 1. The molecule has 0 aromatic carbocycles. The van der Waals surface area contributed by atoms with Gasteiger partial charge in [0, 0.05) is 0 Å². The van der Waals surface area contributed by atoms with E-state index in [1.807, 2.05) is 6.92 Å². The molecule has 1 atom stereocenters. The normalized spacial score (nSPS) is 13.1. The SMILES string of the molecule is CCOC(OCC)(OCC)C(=N)C(=O)OC(C)CC. The lowest BCUT2D eigenvalue weighted by Crippen LogP contribution is -2.51. The Bertz CT molecular complexity index is 276. The van der Waals surface area contributed by atoms with Crippen LogP contribution in [0.5, 0.6) is 0 Å². The van der Waals surface area contributed by atoms with Gasteiger partial charge in [-0.15, -0.1) is 0 Å². The Hall–Kier alpha value is -0.980. The molecule has 0 fully saturated rings. The van der Waals surface area contributed by atoms with E-state index in [1.165, 1.54) is 0 Å². The first-order chi connectivity index (χ1) is 8.97. The van der Waals surface area contributed by atoms with Gasteiger partial charge >= 0.3 is 11.9 Å². The third-order valence-corrected chi connectivity index (χ3v) is 2.40. The van der Waals surface area contributed by atoms with Crippen molar-refractivity contribution >= 4 is 11.7 Å². The second-order valence-corrected chi connectivity index (χ2v) is 3.85. The van der Waals surface area contributed by atoms with Crippen LogP contribution in [0.3, 0.4) is 0 Å². The van der Waals surface area contributed by atoms with Gasteiger partial charge in [0.25, 0.3) is 0 Å². The van der Waals surface area contributed by atoms with Crippen LogP contribution in [-0.4, -0.2) is 43.6 Å². The van der Waals surface area contributed by atoms with Crippen LogP contribution < -0.4 is 0 Å². The summed E-state index contributed by atoms with van der Waals surface area (Å²) in [5.74, 6) is -2.56. The Morgan fingerprint density at radius 1 is 1.05 bits per heavy atom. The molecule has 1 unspecified atom stereocenters. The maximum Gasteiger partial charge on any atom is 0.360 e. The highest BCUT2D eigenvalue weighted by Crippen LogP contribution is 2.19. The summed E-state index contributed by atoms with van der Waals surface area (Å²) in [6.07, 6.45) is 0.402. The maximum atomic E-state index is 11.9. The minimum absolute atomic E-state index is 0.249. The Morgan fingerprint density at radius 2 is 1.47 bits per heavy atom. The van der Waals surface area contributed by atoms with E-state index in [2.05, 4.69) is 0 Å². The first-order valence-electron chi connectivity index (χ1n) is 6.69. The fourth-order valence-electron chi connectivity index (χ4n) is 1.36. The average Bonchev–Trinajstić information content (AvgIpc) is 2.38. The number of hydrogen-bond acceptors (Lipinski definition) is 6. The van der Waals surface area contributed by atoms with E-state index in [0.717, 1.165) is 0 Å². The van der Waals surface area contributed by atoms with Crippen LogP contribution in [0.15, 0.2) is 0 Å². The lowest BCUT2D eigenvalue weighted by Gasteiger charge is -2.31. The molecule has 1 N–H and O–H groups in total. The molecule has 0 saturated heterocycles. The number of hydrogen-bond donors (Lipinski definition) is 1. The minimum Gasteiger partial charge on any atom is -0.458 e. The molecular weight excluding hydrogens is 250 g/mol. The summed E-state index contributed by atoms with van der Waals surface area (Å²) in [5, 5.41) is 7.93. The lowest BCUT2D eigenvalue weighted by molar-refractivity contribution is -0.331. The Labute approximate surface area is 114 Å². The molecule has 0 aliphatic rings. The molecule has 0 spiro atoms. The van der Waals surface area contributed by atoms with Crippen LogP contribution in [0.1, 0.15) is 41.0 Å². The third-order valence-electron chi connectivity index (χ3n) is 2.40. The fraction of sp³-hybridized carbons (Fsp3) is 0.846. The topological polar surface area (TPSA) is 77.8 Å². The maximum absolute atomic E-state index is 11.9. The van der Waals surface area contributed by atoms with Crippen molar-refractivity contribution in [1.82, 2.24) is 0 Å². The second-order valence-electron chi connectivity index (χ2n) is 3.85. The summed E-state index contributed by atoms with van der Waals surface area (Å²) in [6, 6.07) is 0. The van der Waals surface area contributed by atoms with Gasteiger partial charge in [-0.3, -0.25) is 5.41 Å². The molecule has 0 aliphatic heterocycles. The van der Waals surface area contributed by atoms with Gasteiger partial charge in [0.05, 0.1) is 25.9 Å². The highest BCUT2D eigenvalue weighted by atomic mass is 16.9. The lowest BCUT2D eigenvalue weighted by atomic mass is 10.3. The molecule has 0 aliphatic carbocycles. The van der Waals surface area contributed by atoms with Gasteiger partial charge in [-0.25, -0.2) is 4.79 Å². The van der Waals surface area contributed by atoms with Crippen molar-refractivity contribution < 1.29 is 23.7 Å². The van der Waals surface area contributed by atoms with Crippen LogP contribution in [0.4, 0.5) is 0 Å². The number of ether oxygens (including phenoxy) is 4. The first kappa shape index (κ1) is 18.0. The van der Waals surface area contributed by atoms with E-state index in [9.17, 15) is 4.79 Å². The third kappa shape index (κ3) is 5.26. The second kappa shape index (κ2) is 9.01. The molecule has 6 heteroatoms. The molecule has 0 aromatic rings. The minimum atomic E-state index is -1.78. The summed E-state index contributed by atoms with van der Waals surface area (Å²) >= 11 is 0. The van der Waals surface area contributed by atoms with Gasteiger partial charge in [0.15, 0.2) is 0 Å². The van der Waals surface area contributed by atoms with Crippen molar-refractivity contribution in [2.24, 2.45) is 0 Å². The monoisotopic (exact) mass is 275 g/mol. The van der Waals surface area contributed by atoms with Gasteiger partial charge in [-0.2, -0.15) is 0 Å². The van der Waals surface area contributed by atoms with Crippen molar-refractivity contribution in [2.75, 3.05) is 19.8 Å². The largest absolute Gasteiger partial charge is 0.458 e. The molecule has 0 amide bonds. The Kier molecular flexibility index (Phi) is 8.54. The van der Waals surface area contributed by atoms with Crippen molar-refractivity contribution in [1.29, 1.82) is 5.41 Å². The molecule has 0 bridgehead atoms. The highest BCUT2D eigenvalue weighted by molar-refractivity contribution is 6.37. The van der Waals surface area contributed by atoms with Crippen LogP contribution in [0.2, 0.25) is 0 Å². The van der Waals surface area contributed by atoms with E-state index in [-0.39, 0.29) is 25.9 Å². The molecule has 112 valence electrons. The highest BCUT2D eigenvalue weighted by Gasteiger charge is 2.43. The number of rotatable bonds is 10. The average molecular weight is 275 g/mol. The van der Waals surface area contributed by atoms with E-state index < -0.39 is 17.7 Å². The van der Waals surface area contributed by atoms with Crippen molar-refractivity contribution in [2.45, 2.75) is 53.1 Å². The number of esters is 1. The zero-order valence-electron chi connectivity index (χ0n) is 12.4. The Balaban J connectivity index is 5.00. The predicted molar refractivity (Wildman–Crippen MR) is 71.2 cm³/mol. The molecule has 0 radical (unpaired) electrons. The van der Waals surface area contributed by atoms with E-state index in [4.69, 9.17) is 24.4 Å². The number of carbonyl (C=O) groups is 1. The Morgan fingerprint density at radius 3 is 1.79 bits per heavy atom. The molecule has 0 heterocycles. The van der Waals surface area contributed by atoms with Crippen LogP contribution in [0.25, 0.3) is 0 Å². The molecule has 19 heavy (non-hydrogen) atoms. The van der Waals surface area contributed by atoms with Crippen molar-refractivity contribution in [3.63, 3.8) is 0 Å². The van der Waals surface area contributed by atoms with Crippen LogP contribution in [0, 0.1) is 5.41 Å². The molecular formula is C13H25NO5. The summed E-state index contributed by atoms with van der Waals surface area (Å²) in [5.41, 5.74) is -0.474. The van der Waals surface area contributed by atoms with Crippen LogP contribution >= 0.6 is 0 Å². The molecule has 6 nitrogen and oxygen atoms in total. The molecule has 0 saturated carbocycles. The summed E-state index contributed by atoms with van der Waals surface area (Å²) in [6.45, 7) is 9.61. The zero-order valence-corrected chi connectivity index (χ0v) is 12.4. The smallest absolute Gasteiger partial charge is 0.360 e. The molecule has 0 rings (SSSR count). The van der Waals surface area contributed by atoms with Gasteiger partial charge in [-0.05, 0) is 34.1 Å². The van der Waals surface area contributed by atoms with Gasteiger partial charge in [0.1, 0.15) is 0 Å². The van der Waals surface area contributed by atoms with E-state index >= 15 is 0 Å². The summed E-state index contributed by atoms with van der Waals surface area (Å²) < 4.78 is 21.1. The standard InChI is InChI=1S/C13H25NO5/c1-6-10(5)19-12(15)11(14)13(16-7-2,17-8-3)18-9-4/h10,14H,6-9H2,1-5H3. The summed E-state index contributed by atoms with van der Waals surface area (Å²) in [7, 11) is 0. The number of nitrogens with one attached hydrogen (secondary N) is 1. The van der Waals surface area contributed by atoms with E-state index in [0.29, 0.717) is 6.42 Å².